The molecule has 3 rings (SSSR count). The molecule has 1 saturated carbocycles. The fraction of sp³-hybridized carbons (Fsp3) is 0.562. The van der Waals surface area contributed by atoms with Gasteiger partial charge in [-0.25, -0.2) is 0 Å². The van der Waals surface area contributed by atoms with Gasteiger partial charge in [0.1, 0.15) is 5.56 Å². The molecule has 118 valence electrons. The van der Waals surface area contributed by atoms with Gasteiger partial charge >= 0.3 is 0 Å². The maximum Gasteiger partial charge on any atom is 0.264 e. The summed E-state index contributed by atoms with van der Waals surface area (Å²) in [5.74, 6) is -0.0584. The molecule has 0 amide bonds. The largest absolute Gasteiger partial charge is 0.494 e. The van der Waals surface area contributed by atoms with Crippen molar-refractivity contribution in [3.05, 3.63) is 32.3 Å². The summed E-state index contributed by atoms with van der Waals surface area (Å²) >= 11 is 5.12. The lowest BCUT2D eigenvalue weighted by atomic mass is 9.97. The number of aromatic nitrogens is 2. The minimum absolute atomic E-state index is 0.0584. The average Bonchev–Trinajstić information content (AvgIpc) is 3.32. The first-order valence-corrected chi connectivity index (χ1v) is 8.33. The third-order valence-corrected chi connectivity index (χ3v) is 4.53. The Morgan fingerprint density at radius 1 is 1.45 bits per heavy atom. The van der Waals surface area contributed by atoms with E-state index in [2.05, 4.69) is 16.1 Å². The fourth-order valence-corrected chi connectivity index (χ4v) is 3.16. The molecule has 6 heteroatoms. The number of hydrogen-bond acceptors (Lipinski definition) is 4. The molecular formula is C16H21N3O2S. The fourth-order valence-electron chi connectivity index (χ4n) is 2.84. The molecule has 0 atom stereocenters. The summed E-state index contributed by atoms with van der Waals surface area (Å²) in [7, 11) is 0. The summed E-state index contributed by atoms with van der Waals surface area (Å²) in [5.41, 5.74) is 1.29. The van der Waals surface area contributed by atoms with Crippen molar-refractivity contribution in [1.82, 2.24) is 9.55 Å². The van der Waals surface area contributed by atoms with Gasteiger partial charge in [-0.05, 0) is 57.2 Å². The first-order chi connectivity index (χ1) is 10.7. The molecule has 1 fully saturated rings. The Bertz CT molecular complexity index is 726. The van der Waals surface area contributed by atoms with E-state index in [0.29, 0.717) is 6.54 Å². The molecule has 0 saturated heterocycles. The van der Waals surface area contributed by atoms with E-state index in [1.165, 1.54) is 31.1 Å². The van der Waals surface area contributed by atoms with E-state index in [0.717, 1.165) is 25.7 Å². The van der Waals surface area contributed by atoms with Crippen molar-refractivity contribution >= 4 is 18.4 Å². The monoisotopic (exact) mass is 319 g/mol. The van der Waals surface area contributed by atoms with Gasteiger partial charge in [-0.1, -0.05) is 11.6 Å². The van der Waals surface area contributed by atoms with Gasteiger partial charge in [0.05, 0.1) is 0 Å². The molecule has 0 radical (unpaired) electrons. The number of hydrogen-bond donors (Lipinski definition) is 2. The van der Waals surface area contributed by atoms with Gasteiger partial charge in [0.15, 0.2) is 4.77 Å². The number of aromatic amines is 1. The van der Waals surface area contributed by atoms with E-state index in [-0.39, 0.29) is 27.8 Å². The number of rotatable bonds is 5. The van der Waals surface area contributed by atoms with E-state index < -0.39 is 0 Å². The number of nitrogens with zero attached hydrogens (tertiary/aromatic N) is 2. The Morgan fingerprint density at radius 2 is 2.27 bits per heavy atom. The molecule has 0 aliphatic heterocycles. The summed E-state index contributed by atoms with van der Waals surface area (Å²) in [5, 5.41) is 10.3. The average molecular weight is 319 g/mol. The zero-order valence-corrected chi connectivity index (χ0v) is 13.4. The predicted molar refractivity (Wildman–Crippen MR) is 89.5 cm³/mol. The molecule has 2 aliphatic carbocycles. The lowest BCUT2D eigenvalue weighted by Gasteiger charge is -2.11. The second-order valence-electron chi connectivity index (χ2n) is 5.99. The smallest absolute Gasteiger partial charge is 0.264 e. The second-order valence-corrected chi connectivity index (χ2v) is 6.38. The minimum Gasteiger partial charge on any atom is -0.494 e. The Morgan fingerprint density at radius 3 is 2.95 bits per heavy atom. The Kier molecular flexibility index (Phi) is 4.57. The molecule has 0 unspecified atom stereocenters. The van der Waals surface area contributed by atoms with Crippen LogP contribution >= 0.6 is 12.2 Å². The van der Waals surface area contributed by atoms with E-state index in [4.69, 9.17) is 12.2 Å². The lowest BCUT2D eigenvalue weighted by Crippen LogP contribution is -2.18. The van der Waals surface area contributed by atoms with E-state index in [9.17, 15) is 9.90 Å². The van der Waals surface area contributed by atoms with Crippen molar-refractivity contribution < 1.29 is 5.11 Å². The normalized spacial score (nSPS) is 18.6. The van der Waals surface area contributed by atoms with Crippen LogP contribution in [0.15, 0.2) is 21.4 Å². The highest BCUT2D eigenvalue weighted by atomic mass is 32.1. The van der Waals surface area contributed by atoms with Gasteiger partial charge in [0, 0.05) is 18.8 Å². The topological polar surface area (TPSA) is 70.4 Å². The van der Waals surface area contributed by atoms with Gasteiger partial charge in [0.25, 0.3) is 5.56 Å². The van der Waals surface area contributed by atoms with Crippen molar-refractivity contribution in [2.45, 2.75) is 51.0 Å². The van der Waals surface area contributed by atoms with Crippen LogP contribution < -0.4 is 5.56 Å². The van der Waals surface area contributed by atoms with E-state index in [1.54, 1.807) is 4.57 Å². The number of H-pyrrole nitrogens is 1. The molecule has 22 heavy (non-hydrogen) atoms. The molecule has 0 aromatic carbocycles. The molecule has 1 heterocycles. The quantitative estimate of drug-likeness (QED) is 0.497. The number of allylic oxidation sites excluding steroid dienone is 1. The number of aliphatic imine (C=N–C) groups is 1. The lowest BCUT2D eigenvalue weighted by molar-refractivity contribution is 0.405. The van der Waals surface area contributed by atoms with Crippen molar-refractivity contribution in [2.24, 2.45) is 4.99 Å². The van der Waals surface area contributed by atoms with Crippen molar-refractivity contribution in [3.63, 3.8) is 0 Å². The van der Waals surface area contributed by atoms with Gasteiger partial charge in [-0.3, -0.25) is 19.3 Å². The Labute approximate surface area is 134 Å². The van der Waals surface area contributed by atoms with E-state index >= 15 is 0 Å². The van der Waals surface area contributed by atoms with Crippen LogP contribution in [-0.2, 0) is 0 Å². The molecule has 2 N–H and O–H groups in total. The third kappa shape index (κ3) is 3.38. The molecule has 2 aliphatic rings. The molecule has 0 bridgehead atoms. The summed E-state index contributed by atoms with van der Waals surface area (Å²) in [4.78, 5) is 18.9. The van der Waals surface area contributed by atoms with Crippen molar-refractivity contribution in [2.75, 3.05) is 6.54 Å². The van der Waals surface area contributed by atoms with Gasteiger partial charge in [0.2, 0.25) is 5.88 Å². The van der Waals surface area contributed by atoms with Crippen molar-refractivity contribution in [1.29, 1.82) is 0 Å². The first kappa shape index (κ1) is 15.2. The predicted octanol–water partition coefficient (Wildman–Crippen LogP) is 3.26. The second kappa shape index (κ2) is 6.60. The number of nitrogens with one attached hydrogen (secondary N) is 1. The summed E-state index contributed by atoms with van der Waals surface area (Å²) in [6, 6.07) is 0.212. The van der Waals surface area contributed by atoms with Crippen LogP contribution in [0, 0.1) is 4.77 Å². The third-order valence-electron chi connectivity index (χ3n) is 4.23. The van der Waals surface area contributed by atoms with Crippen LogP contribution in [0.2, 0.25) is 0 Å². The van der Waals surface area contributed by atoms with Gasteiger partial charge in [-0.2, -0.15) is 0 Å². The zero-order chi connectivity index (χ0) is 15.5. The van der Waals surface area contributed by atoms with Crippen molar-refractivity contribution in [3.8, 4) is 5.88 Å². The molecule has 1 aromatic heterocycles. The highest BCUT2D eigenvalue weighted by Gasteiger charge is 2.27. The van der Waals surface area contributed by atoms with E-state index in [1.807, 2.05) is 0 Å². The van der Waals surface area contributed by atoms with Crippen LogP contribution in [0.3, 0.4) is 0 Å². The van der Waals surface area contributed by atoms with Crippen LogP contribution in [0.4, 0.5) is 0 Å². The Hall–Kier alpha value is -1.69. The standard InChI is InChI=1S/C16H21N3O2S/c20-14-13(10-17-9-8-11-4-2-1-3-5-11)15(21)19(12-6-7-12)16(22)18-14/h4,10,12,21H,1-3,5-9H2,(H,18,20,22). The summed E-state index contributed by atoms with van der Waals surface area (Å²) < 4.78 is 1.91. The maximum atomic E-state index is 12.0. The first-order valence-electron chi connectivity index (χ1n) is 7.92. The molecular weight excluding hydrogens is 298 g/mol. The van der Waals surface area contributed by atoms with Gasteiger partial charge in [-0.15, -0.1) is 0 Å². The molecule has 1 aromatic rings. The number of aromatic hydroxyl groups is 1. The minimum atomic E-state index is -0.375. The van der Waals surface area contributed by atoms with Crippen LogP contribution in [0.1, 0.15) is 56.6 Å². The SMILES string of the molecule is O=c1[nH]c(=S)n(C2CC2)c(O)c1C=NCCC1=CCCCC1. The zero-order valence-electron chi connectivity index (χ0n) is 12.5. The van der Waals surface area contributed by atoms with Crippen LogP contribution in [0.25, 0.3) is 0 Å². The summed E-state index contributed by atoms with van der Waals surface area (Å²) in [6.45, 7) is 0.643. The highest BCUT2D eigenvalue weighted by Crippen LogP contribution is 2.37. The van der Waals surface area contributed by atoms with Crippen LogP contribution in [-0.4, -0.2) is 27.4 Å². The summed E-state index contributed by atoms with van der Waals surface area (Å²) in [6.07, 6.45) is 11.5. The highest BCUT2D eigenvalue weighted by molar-refractivity contribution is 7.71. The van der Waals surface area contributed by atoms with Crippen LogP contribution in [0.5, 0.6) is 5.88 Å². The molecule has 0 spiro atoms. The van der Waals surface area contributed by atoms with Gasteiger partial charge < -0.3 is 5.11 Å². The molecule has 5 nitrogen and oxygen atoms in total. The maximum absolute atomic E-state index is 12.0. The Balaban J connectivity index is 1.73.